The van der Waals surface area contributed by atoms with Gasteiger partial charge >= 0.3 is 5.97 Å². The van der Waals surface area contributed by atoms with Crippen LogP contribution >= 0.6 is 0 Å². The second-order valence-corrected chi connectivity index (χ2v) is 8.07. The summed E-state index contributed by atoms with van der Waals surface area (Å²) in [5.74, 6) is -0.699. The highest BCUT2D eigenvalue weighted by Crippen LogP contribution is 2.11. The molecule has 0 heterocycles. The number of aliphatic hydroxyl groups excluding tert-OH is 1. The van der Waals surface area contributed by atoms with Gasteiger partial charge in [0.05, 0.1) is 6.61 Å². The van der Waals surface area contributed by atoms with Gasteiger partial charge in [-0.15, -0.1) is 0 Å². The van der Waals surface area contributed by atoms with Crippen molar-refractivity contribution >= 4 is 5.97 Å². The van der Waals surface area contributed by atoms with Crippen LogP contribution < -0.4 is 16.0 Å². The Hall–Kier alpha value is -0.690. The predicted molar refractivity (Wildman–Crippen MR) is 123 cm³/mol. The van der Waals surface area contributed by atoms with Gasteiger partial charge in [0.1, 0.15) is 0 Å². The Bertz CT molecular complexity index is 330. The normalized spacial score (nSPS) is 11.2. The summed E-state index contributed by atoms with van der Waals surface area (Å²) in [7, 11) is 0. The third kappa shape index (κ3) is 27.3. The average Bonchev–Trinajstić information content (AvgIpc) is 2.71. The van der Waals surface area contributed by atoms with E-state index in [9.17, 15) is 4.79 Å². The minimum absolute atomic E-state index is 0.232. The number of carboxylic acids is 1. The molecular formula is C23H49N3O3. The SMILES string of the molecule is O=C(O)CCCNCCCCCCCCCCCCCNCCCCNCCO. The number of rotatable bonds is 25. The zero-order valence-corrected chi connectivity index (χ0v) is 18.9. The Morgan fingerprint density at radius 3 is 1.17 bits per heavy atom. The molecule has 0 spiro atoms. The molecule has 0 rings (SSSR count). The molecule has 0 atom stereocenters. The van der Waals surface area contributed by atoms with Crippen LogP contribution in [-0.2, 0) is 4.79 Å². The third-order valence-electron chi connectivity index (χ3n) is 5.20. The van der Waals surface area contributed by atoms with Crippen LogP contribution in [0.1, 0.15) is 96.3 Å². The molecule has 0 unspecified atom stereocenters. The van der Waals surface area contributed by atoms with Gasteiger partial charge in [-0.3, -0.25) is 4.79 Å². The first-order valence-corrected chi connectivity index (χ1v) is 12.2. The first kappa shape index (κ1) is 28.3. The first-order valence-electron chi connectivity index (χ1n) is 12.2. The Morgan fingerprint density at radius 1 is 0.483 bits per heavy atom. The van der Waals surface area contributed by atoms with Crippen molar-refractivity contribution in [1.82, 2.24) is 16.0 Å². The summed E-state index contributed by atoms with van der Waals surface area (Å²) in [6.07, 6.45) is 18.1. The monoisotopic (exact) mass is 415 g/mol. The van der Waals surface area contributed by atoms with Gasteiger partial charge in [0, 0.05) is 13.0 Å². The van der Waals surface area contributed by atoms with Gasteiger partial charge in [-0.2, -0.15) is 0 Å². The van der Waals surface area contributed by atoms with Gasteiger partial charge in [0.15, 0.2) is 0 Å². The van der Waals surface area contributed by atoms with E-state index in [2.05, 4.69) is 16.0 Å². The maximum absolute atomic E-state index is 10.4. The van der Waals surface area contributed by atoms with Crippen LogP contribution in [0.5, 0.6) is 0 Å². The molecule has 0 aromatic rings. The number of aliphatic carboxylic acids is 1. The summed E-state index contributed by atoms with van der Waals surface area (Å²) in [4.78, 5) is 10.4. The second-order valence-electron chi connectivity index (χ2n) is 8.07. The molecule has 0 aromatic heterocycles. The predicted octanol–water partition coefficient (Wildman–Crippen LogP) is 3.68. The summed E-state index contributed by atoms with van der Waals surface area (Å²) < 4.78 is 0. The van der Waals surface area contributed by atoms with Crippen molar-refractivity contribution in [3.63, 3.8) is 0 Å². The summed E-state index contributed by atoms with van der Waals surface area (Å²) >= 11 is 0. The van der Waals surface area contributed by atoms with E-state index >= 15 is 0 Å². The molecule has 29 heavy (non-hydrogen) atoms. The topological polar surface area (TPSA) is 93.6 Å². The van der Waals surface area contributed by atoms with E-state index < -0.39 is 5.97 Å². The molecule has 6 heteroatoms. The summed E-state index contributed by atoms with van der Waals surface area (Å²) in [5, 5.41) is 27.3. The van der Waals surface area contributed by atoms with Crippen molar-refractivity contribution in [2.45, 2.75) is 96.3 Å². The van der Waals surface area contributed by atoms with Crippen molar-refractivity contribution in [2.75, 3.05) is 45.9 Å². The Morgan fingerprint density at radius 2 is 0.793 bits per heavy atom. The van der Waals surface area contributed by atoms with Crippen molar-refractivity contribution < 1.29 is 15.0 Å². The molecular weight excluding hydrogens is 366 g/mol. The largest absolute Gasteiger partial charge is 0.481 e. The number of unbranched alkanes of at least 4 members (excludes halogenated alkanes) is 11. The summed E-state index contributed by atoms with van der Waals surface area (Å²) in [5.41, 5.74) is 0. The highest BCUT2D eigenvalue weighted by molar-refractivity contribution is 5.66. The van der Waals surface area contributed by atoms with Crippen molar-refractivity contribution in [3.8, 4) is 0 Å². The molecule has 6 nitrogen and oxygen atoms in total. The van der Waals surface area contributed by atoms with E-state index in [1.54, 1.807) is 0 Å². The van der Waals surface area contributed by atoms with Crippen LogP contribution in [0, 0.1) is 0 Å². The van der Waals surface area contributed by atoms with E-state index in [-0.39, 0.29) is 13.0 Å². The maximum Gasteiger partial charge on any atom is 0.303 e. The summed E-state index contributed by atoms with van der Waals surface area (Å²) in [6, 6.07) is 0. The molecule has 0 bridgehead atoms. The molecule has 0 aliphatic carbocycles. The number of hydrogen-bond donors (Lipinski definition) is 5. The Kier molecular flexibility index (Phi) is 24.7. The van der Waals surface area contributed by atoms with Gasteiger partial charge in [0.2, 0.25) is 0 Å². The molecule has 0 fully saturated rings. The number of hydrogen-bond acceptors (Lipinski definition) is 5. The fraction of sp³-hybridized carbons (Fsp3) is 0.957. The van der Waals surface area contributed by atoms with Gasteiger partial charge in [-0.25, -0.2) is 0 Å². The summed E-state index contributed by atoms with van der Waals surface area (Å²) in [6.45, 7) is 6.07. The van der Waals surface area contributed by atoms with Crippen molar-refractivity contribution in [3.05, 3.63) is 0 Å². The Balaban J connectivity index is 2.99. The fourth-order valence-corrected chi connectivity index (χ4v) is 3.41. The molecule has 0 aliphatic heterocycles. The zero-order valence-electron chi connectivity index (χ0n) is 18.9. The van der Waals surface area contributed by atoms with Gasteiger partial charge < -0.3 is 26.2 Å². The van der Waals surface area contributed by atoms with Gasteiger partial charge in [-0.05, 0) is 64.8 Å². The van der Waals surface area contributed by atoms with Gasteiger partial charge in [-0.1, -0.05) is 57.8 Å². The standard InChI is InChI=1S/C23H49N3O3/c27-22-21-26-19-13-12-18-24-16-10-8-6-4-2-1-3-5-7-9-11-17-25-20-14-15-23(28)29/h24-27H,1-22H2,(H,28,29). The number of nitrogens with one attached hydrogen (secondary N) is 3. The van der Waals surface area contributed by atoms with Crippen molar-refractivity contribution in [2.24, 2.45) is 0 Å². The third-order valence-corrected chi connectivity index (χ3v) is 5.20. The zero-order chi connectivity index (χ0) is 21.3. The molecule has 0 saturated heterocycles. The average molecular weight is 416 g/mol. The molecule has 0 saturated carbocycles. The lowest BCUT2D eigenvalue weighted by molar-refractivity contribution is -0.137. The van der Waals surface area contributed by atoms with Crippen LogP contribution in [0.4, 0.5) is 0 Å². The highest BCUT2D eigenvalue weighted by atomic mass is 16.4. The van der Waals surface area contributed by atoms with E-state index in [1.807, 2.05) is 0 Å². The van der Waals surface area contributed by atoms with Crippen LogP contribution in [0.25, 0.3) is 0 Å². The number of carbonyl (C=O) groups is 1. The molecule has 174 valence electrons. The fourth-order valence-electron chi connectivity index (χ4n) is 3.41. The quantitative estimate of drug-likeness (QED) is 0.146. The Labute approximate surface area is 179 Å². The van der Waals surface area contributed by atoms with Crippen LogP contribution in [-0.4, -0.2) is 62.1 Å². The van der Waals surface area contributed by atoms with E-state index in [1.165, 1.54) is 83.5 Å². The van der Waals surface area contributed by atoms with E-state index in [0.717, 1.165) is 39.1 Å². The number of aliphatic hydroxyl groups is 1. The van der Waals surface area contributed by atoms with Crippen LogP contribution in [0.2, 0.25) is 0 Å². The minimum atomic E-state index is -0.699. The number of carboxylic acid groups (broad SMARTS) is 1. The second kappa shape index (κ2) is 25.3. The van der Waals surface area contributed by atoms with Gasteiger partial charge in [0.25, 0.3) is 0 Å². The lowest BCUT2D eigenvalue weighted by Crippen LogP contribution is -2.21. The lowest BCUT2D eigenvalue weighted by atomic mass is 10.1. The molecule has 0 amide bonds. The van der Waals surface area contributed by atoms with Crippen LogP contribution in [0.15, 0.2) is 0 Å². The minimum Gasteiger partial charge on any atom is -0.481 e. The maximum atomic E-state index is 10.4. The van der Waals surface area contributed by atoms with Crippen LogP contribution in [0.3, 0.4) is 0 Å². The molecule has 0 aromatic carbocycles. The molecule has 5 N–H and O–H groups in total. The smallest absolute Gasteiger partial charge is 0.303 e. The lowest BCUT2D eigenvalue weighted by Gasteiger charge is -2.06. The van der Waals surface area contributed by atoms with E-state index in [0.29, 0.717) is 6.54 Å². The molecule has 0 radical (unpaired) electrons. The highest BCUT2D eigenvalue weighted by Gasteiger charge is 1.96. The van der Waals surface area contributed by atoms with E-state index in [4.69, 9.17) is 10.2 Å². The first-order chi connectivity index (χ1) is 14.3. The molecule has 0 aliphatic rings. The van der Waals surface area contributed by atoms with Crippen molar-refractivity contribution in [1.29, 1.82) is 0 Å².